The number of carboxylic acids is 1. The molecule has 0 aliphatic heterocycles. The summed E-state index contributed by atoms with van der Waals surface area (Å²) in [6, 6.07) is 4.41. The van der Waals surface area contributed by atoms with E-state index >= 15 is 0 Å². The molecule has 1 aromatic carbocycles. The number of anilines is 1. The molecule has 1 aliphatic rings. The van der Waals surface area contributed by atoms with Crippen LogP contribution in [-0.4, -0.2) is 17.1 Å². The number of hydrogen-bond acceptors (Lipinski definition) is 2. The first kappa shape index (κ1) is 12.9. The highest BCUT2D eigenvalue weighted by molar-refractivity contribution is 5.88. The number of carboxylic acid groups (broad SMARTS) is 1. The number of rotatable bonds is 3. The van der Waals surface area contributed by atoms with Crippen molar-refractivity contribution in [3.05, 3.63) is 29.6 Å². The fourth-order valence-corrected chi connectivity index (χ4v) is 2.50. The average molecular weight is 251 g/mol. The molecule has 4 heteroatoms. The van der Waals surface area contributed by atoms with Gasteiger partial charge in [0.15, 0.2) is 0 Å². The van der Waals surface area contributed by atoms with Crippen molar-refractivity contribution in [3.63, 3.8) is 0 Å². The first-order valence-electron chi connectivity index (χ1n) is 5.97. The summed E-state index contributed by atoms with van der Waals surface area (Å²) in [5.74, 6) is -1.95. The average Bonchev–Trinajstić information content (AvgIpc) is 2.60. The molecule has 1 aromatic rings. The summed E-state index contributed by atoms with van der Waals surface area (Å²) in [4.78, 5) is 10.7. The van der Waals surface area contributed by atoms with Crippen LogP contribution < -0.4 is 5.32 Å². The molecule has 0 heterocycles. The van der Waals surface area contributed by atoms with Crippen LogP contribution in [0.3, 0.4) is 0 Å². The highest BCUT2D eigenvalue weighted by Crippen LogP contribution is 2.63. The van der Waals surface area contributed by atoms with Gasteiger partial charge in [-0.1, -0.05) is 27.7 Å². The summed E-state index contributed by atoms with van der Waals surface area (Å²) in [5, 5.41) is 12.0. The van der Waals surface area contributed by atoms with Gasteiger partial charge in [0, 0.05) is 11.7 Å². The maximum atomic E-state index is 13.5. The Morgan fingerprint density at radius 3 is 2.22 bits per heavy atom. The molecule has 2 rings (SSSR count). The van der Waals surface area contributed by atoms with Crippen molar-refractivity contribution >= 4 is 11.7 Å². The van der Waals surface area contributed by atoms with Crippen molar-refractivity contribution in [2.75, 3.05) is 5.32 Å². The third-order valence-corrected chi connectivity index (χ3v) is 4.53. The minimum Gasteiger partial charge on any atom is -0.478 e. The smallest absolute Gasteiger partial charge is 0.338 e. The van der Waals surface area contributed by atoms with Gasteiger partial charge in [-0.15, -0.1) is 0 Å². The molecule has 1 fully saturated rings. The third kappa shape index (κ3) is 1.76. The lowest BCUT2D eigenvalue weighted by Crippen LogP contribution is -2.11. The number of nitrogens with one attached hydrogen (secondary N) is 1. The SMILES string of the molecule is CC1(C)C(Nc2ccc(C(=O)O)c(F)c2)C1(C)C. The second-order valence-corrected chi connectivity index (χ2v) is 6.02. The van der Waals surface area contributed by atoms with Gasteiger partial charge in [0.2, 0.25) is 0 Å². The van der Waals surface area contributed by atoms with Gasteiger partial charge in [-0.3, -0.25) is 0 Å². The molecule has 0 spiro atoms. The topological polar surface area (TPSA) is 49.3 Å². The van der Waals surface area contributed by atoms with Crippen molar-refractivity contribution in [1.29, 1.82) is 0 Å². The minimum atomic E-state index is -1.24. The van der Waals surface area contributed by atoms with Gasteiger partial charge in [0.05, 0.1) is 5.56 Å². The second-order valence-electron chi connectivity index (χ2n) is 6.02. The lowest BCUT2D eigenvalue weighted by atomic mass is 10.0. The van der Waals surface area contributed by atoms with Crippen LogP contribution in [0.4, 0.5) is 10.1 Å². The molecule has 0 amide bonds. The van der Waals surface area contributed by atoms with Gasteiger partial charge >= 0.3 is 5.97 Å². The molecule has 98 valence electrons. The lowest BCUT2D eigenvalue weighted by Gasteiger charge is -2.09. The third-order valence-electron chi connectivity index (χ3n) is 4.53. The van der Waals surface area contributed by atoms with Gasteiger partial charge in [0.1, 0.15) is 5.82 Å². The van der Waals surface area contributed by atoms with E-state index < -0.39 is 11.8 Å². The van der Waals surface area contributed by atoms with Crippen LogP contribution in [0.1, 0.15) is 38.1 Å². The van der Waals surface area contributed by atoms with Crippen LogP contribution in [0.15, 0.2) is 18.2 Å². The van der Waals surface area contributed by atoms with Crippen LogP contribution in [0.2, 0.25) is 0 Å². The largest absolute Gasteiger partial charge is 0.478 e. The zero-order valence-electron chi connectivity index (χ0n) is 11.0. The Kier molecular flexibility index (Phi) is 2.65. The van der Waals surface area contributed by atoms with Crippen LogP contribution in [0, 0.1) is 16.6 Å². The molecule has 18 heavy (non-hydrogen) atoms. The monoisotopic (exact) mass is 251 g/mol. The van der Waals surface area contributed by atoms with Gasteiger partial charge < -0.3 is 10.4 Å². The Hall–Kier alpha value is -1.58. The Morgan fingerprint density at radius 2 is 1.83 bits per heavy atom. The predicted molar refractivity (Wildman–Crippen MR) is 68.3 cm³/mol. The summed E-state index contributed by atoms with van der Waals surface area (Å²) in [7, 11) is 0. The highest BCUT2D eigenvalue weighted by atomic mass is 19.1. The standard InChI is InChI=1S/C14H18FNO2/c1-13(2)12(14(13,3)4)16-8-5-6-9(11(17)18)10(15)7-8/h5-7,12,16H,1-4H3,(H,17,18). The Morgan fingerprint density at radius 1 is 1.28 bits per heavy atom. The predicted octanol–water partition coefficient (Wildman–Crippen LogP) is 3.37. The fourth-order valence-electron chi connectivity index (χ4n) is 2.50. The van der Waals surface area contributed by atoms with Crippen LogP contribution >= 0.6 is 0 Å². The van der Waals surface area contributed by atoms with Gasteiger partial charge in [0.25, 0.3) is 0 Å². The van der Waals surface area contributed by atoms with E-state index in [2.05, 4.69) is 33.0 Å². The van der Waals surface area contributed by atoms with Gasteiger partial charge in [-0.25, -0.2) is 9.18 Å². The summed E-state index contributed by atoms with van der Waals surface area (Å²) in [6.07, 6.45) is 0. The number of carbonyl (C=O) groups is 1. The minimum absolute atomic E-state index is 0.148. The van der Waals surface area contributed by atoms with Crippen LogP contribution in [-0.2, 0) is 0 Å². The van der Waals surface area contributed by atoms with E-state index in [9.17, 15) is 9.18 Å². The molecule has 0 aromatic heterocycles. The summed E-state index contributed by atoms with van der Waals surface area (Å²) in [5.41, 5.74) is 0.625. The van der Waals surface area contributed by atoms with E-state index in [1.165, 1.54) is 12.1 Å². The Balaban J connectivity index is 2.18. The maximum absolute atomic E-state index is 13.5. The highest BCUT2D eigenvalue weighted by Gasteiger charge is 2.64. The summed E-state index contributed by atoms with van der Waals surface area (Å²) >= 11 is 0. The molecule has 0 saturated heterocycles. The van der Waals surface area contributed by atoms with Crippen molar-refractivity contribution in [1.82, 2.24) is 0 Å². The number of halogens is 1. The zero-order chi connectivity index (χ0) is 13.7. The quantitative estimate of drug-likeness (QED) is 0.866. The second kappa shape index (κ2) is 3.70. The molecule has 0 unspecified atom stereocenters. The molecular weight excluding hydrogens is 233 g/mol. The van der Waals surface area contributed by atoms with E-state index in [0.29, 0.717) is 5.69 Å². The van der Waals surface area contributed by atoms with E-state index in [1.807, 2.05) is 0 Å². The summed E-state index contributed by atoms with van der Waals surface area (Å²) in [6.45, 7) is 8.64. The number of aromatic carboxylic acids is 1. The molecule has 0 atom stereocenters. The van der Waals surface area contributed by atoms with Crippen LogP contribution in [0.5, 0.6) is 0 Å². The van der Waals surface area contributed by atoms with Crippen molar-refractivity contribution in [2.24, 2.45) is 10.8 Å². The molecule has 2 N–H and O–H groups in total. The number of benzene rings is 1. The van der Waals surface area contributed by atoms with E-state index in [1.54, 1.807) is 6.07 Å². The first-order valence-corrected chi connectivity index (χ1v) is 5.97. The normalized spacial score (nSPS) is 20.5. The number of hydrogen-bond donors (Lipinski definition) is 2. The Bertz CT molecular complexity index is 495. The first-order chi connectivity index (χ1) is 8.18. The molecule has 1 aliphatic carbocycles. The molecular formula is C14H18FNO2. The van der Waals surface area contributed by atoms with E-state index in [-0.39, 0.29) is 22.4 Å². The Labute approximate surface area is 106 Å². The van der Waals surface area contributed by atoms with Crippen molar-refractivity contribution in [3.8, 4) is 0 Å². The van der Waals surface area contributed by atoms with Crippen molar-refractivity contribution in [2.45, 2.75) is 33.7 Å². The van der Waals surface area contributed by atoms with Crippen molar-refractivity contribution < 1.29 is 14.3 Å². The molecule has 3 nitrogen and oxygen atoms in total. The van der Waals surface area contributed by atoms with Gasteiger partial charge in [-0.05, 0) is 29.0 Å². The van der Waals surface area contributed by atoms with E-state index in [4.69, 9.17) is 5.11 Å². The zero-order valence-corrected chi connectivity index (χ0v) is 11.0. The fraction of sp³-hybridized carbons (Fsp3) is 0.500. The maximum Gasteiger partial charge on any atom is 0.338 e. The van der Waals surface area contributed by atoms with Crippen LogP contribution in [0.25, 0.3) is 0 Å². The lowest BCUT2D eigenvalue weighted by molar-refractivity contribution is 0.0692. The van der Waals surface area contributed by atoms with Gasteiger partial charge in [-0.2, -0.15) is 0 Å². The molecule has 0 bridgehead atoms. The molecule has 0 radical (unpaired) electrons. The molecule has 1 saturated carbocycles. The van der Waals surface area contributed by atoms with E-state index in [0.717, 1.165) is 0 Å². The summed E-state index contributed by atoms with van der Waals surface area (Å²) < 4.78 is 13.5.